The molecule has 0 aliphatic rings. The Morgan fingerprint density at radius 3 is 2.38 bits per heavy atom. The van der Waals surface area contributed by atoms with Crippen LogP contribution >= 0.6 is 15.9 Å². The maximum atomic E-state index is 5.48. The van der Waals surface area contributed by atoms with E-state index in [-0.39, 0.29) is 12.1 Å². The highest BCUT2D eigenvalue weighted by atomic mass is 79.9. The third-order valence-corrected chi connectivity index (χ3v) is 4.27. The summed E-state index contributed by atoms with van der Waals surface area (Å²) in [6.07, 6.45) is 1.02. The lowest BCUT2D eigenvalue weighted by atomic mass is 10.0. The number of nitrogens with one attached hydrogen (secondary N) is 1. The largest absolute Gasteiger partial charge is 0.496 e. The lowest BCUT2D eigenvalue weighted by molar-refractivity contribution is 0.388. The van der Waals surface area contributed by atoms with E-state index in [9.17, 15) is 0 Å². The highest BCUT2D eigenvalue weighted by Crippen LogP contribution is 2.29. The minimum absolute atomic E-state index is 0.278. The Kier molecular flexibility index (Phi) is 5.83. The van der Waals surface area contributed by atoms with Crippen molar-refractivity contribution in [1.29, 1.82) is 0 Å². The summed E-state index contributed by atoms with van der Waals surface area (Å²) in [4.78, 5) is 0. The van der Waals surface area contributed by atoms with Crippen LogP contribution in [0.3, 0.4) is 0 Å². The van der Waals surface area contributed by atoms with E-state index in [4.69, 9.17) is 4.74 Å². The van der Waals surface area contributed by atoms with Gasteiger partial charge in [0.25, 0.3) is 0 Å². The summed E-state index contributed by atoms with van der Waals surface area (Å²) in [6, 6.07) is 17.2. The SMILES string of the molecule is CCC(N[C@H](C)c1ccc(Br)cc1)c1ccccc1OC. The second kappa shape index (κ2) is 7.62. The molecule has 112 valence electrons. The van der Waals surface area contributed by atoms with Crippen molar-refractivity contribution in [1.82, 2.24) is 5.32 Å². The van der Waals surface area contributed by atoms with Gasteiger partial charge in [-0.25, -0.2) is 0 Å². The molecule has 21 heavy (non-hydrogen) atoms. The molecule has 0 aliphatic heterocycles. The highest BCUT2D eigenvalue weighted by Gasteiger charge is 2.16. The van der Waals surface area contributed by atoms with Crippen LogP contribution in [0.4, 0.5) is 0 Å². The molecule has 2 nitrogen and oxygen atoms in total. The van der Waals surface area contributed by atoms with Gasteiger partial charge in [0.2, 0.25) is 0 Å². The Morgan fingerprint density at radius 1 is 1.10 bits per heavy atom. The van der Waals surface area contributed by atoms with Gasteiger partial charge in [0.15, 0.2) is 0 Å². The molecule has 0 saturated carbocycles. The number of halogens is 1. The Morgan fingerprint density at radius 2 is 1.76 bits per heavy atom. The van der Waals surface area contributed by atoms with Gasteiger partial charge in [-0.15, -0.1) is 0 Å². The fourth-order valence-electron chi connectivity index (χ4n) is 2.53. The second-order valence-corrected chi connectivity index (χ2v) is 6.06. The van der Waals surface area contributed by atoms with Crippen molar-refractivity contribution < 1.29 is 4.74 Å². The van der Waals surface area contributed by atoms with Crippen LogP contribution in [0.1, 0.15) is 43.5 Å². The van der Waals surface area contributed by atoms with Gasteiger partial charge in [0.1, 0.15) is 5.75 Å². The summed E-state index contributed by atoms with van der Waals surface area (Å²) >= 11 is 3.48. The van der Waals surface area contributed by atoms with Gasteiger partial charge in [0, 0.05) is 22.1 Å². The zero-order valence-electron chi connectivity index (χ0n) is 12.8. The molecule has 2 atom stereocenters. The summed E-state index contributed by atoms with van der Waals surface area (Å²) < 4.78 is 6.59. The zero-order chi connectivity index (χ0) is 15.2. The molecular formula is C18H22BrNO. The molecule has 0 radical (unpaired) electrons. The maximum Gasteiger partial charge on any atom is 0.123 e. The average molecular weight is 348 g/mol. The van der Waals surface area contributed by atoms with Crippen molar-refractivity contribution >= 4 is 15.9 Å². The molecule has 0 heterocycles. The number of methoxy groups -OCH3 is 1. The lowest BCUT2D eigenvalue weighted by Gasteiger charge is -2.24. The van der Waals surface area contributed by atoms with Gasteiger partial charge >= 0.3 is 0 Å². The monoisotopic (exact) mass is 347 g/mol. The fraction of sp³-hybridized carbons (Fsp3) is 0.333. The molecular weight excluding hydrogens is 326 g/mol. The number of rotatable bonds is 6. The number of hydrogen-bond acceptors (Lipinski definition) is 2. The van der Waals surface area contributed by atoms with Crippen LogP contribution in [-0.2, 0) is 0 Å². The smallest absolute Gasteiger partial charge is 0.123 e. The first kappa shape index (κ1) is 16.1. The normalized spacial score (nSPS) is 13.7. The quantitative estimate of drug-likeness (QED) is 0.769. The van der Waals surface area contributed by atoms with Gasteiger partial charge in [-0.3, -0.25) is 0 Å². The van der Waals surface area contributed by atoms with Crippen molar-refractivity contribution in [2.24, 2.45) is 0 Å². The second-order valence-electron chi connectivity index (χ2n) is 5.14. The van der Waals surface area contributed by atoms with Crippen molar-refractivity contribution in [3.8, 4) is 5.75 Å². The molecule has 2 aromatic rings. The summed E-state index contributed by atoms with van der Waals surface area (Å²) in [5.41, 5.74) is 2.50. The summed E-state index contributed by atoms with van der Waals surface area (Å²) in [6.45, 7) is 4.39. The number of hydrogen-bond donors (Lipinski definition) is 1. The summed E-state index contributed by atoms with van der Waals surface area (Å²) in [5.74, 6) is 0.944. The third kappa shape index (κ3) is 4.08. The lowest BCUT2D eigenvalue weighted by Crippen LogP contribution is -2.24. The average Bonchev–Trinajstić information content (AvgIpc) is 2.53. The molecule has 0 saturated heterocycles. The Balaban J connectivity index is 2.16. The molecule has 0 amide bonds. The van der Waals surface area contributed by atoms with Crippen LogP contribution in [0.15, 0.2) is 53.0 Å². The molecule has 0 aliphatic carbocycles. The standard InChI is InChI=1S/C18H22BrNO/c1-4-17(16-7-5-6-8-18(16)21-3)20-13(2)14-9-11-15(19)12-10-14/h5-13,17,20H,4H2,1-3H3/t13-,17?/m1/s1. The highest BCUT2D eigenvalue weighted by molar-refractivity contribution is 9.10. The van der Waals surface area contributed by atoms with Crippen molar-refractivity contribution in [3.63, 3.8) is 0 Å². The van der Waals surface area contributed by atoms with E-state index >= 15 is 0 Å². The van der Waals surface area contributed by atoms with Crippen LogP contribution < -0.4 is 10.1 Å². The molecule has 1 N–H and O–H groups in total. The molecule has 0 fully saturated rings. The van der Waals surface area contributed by atoms with Crippen molar-refractivity contribution in [2.45, 2.75) is 32.4 Å². The van der Waals surface area contributed by atoms with Crippen LogP contribution in [0.25, 0.3) is 0 Å². The van der Waals surface area contributed by atoms with Gasteiger partial charge in [-0.2, -0.15) is 0 Å². The molecule has 0 bridgehead atoms. The molecule has 1 unspecified atom stereocenters. The Hall–Kier alpha value is -1.32. The predicted octanol–water partition coefficient (Wildman–Crippen LogP) is 5.26. The molecule has 0 spiro atoms. The number of benzene rings is 2. The molecule has 2 aromatic carbocycles. The zero-order valence-corrected chi connectivity index (χ0v) is 14.4. The van der Waals surface area contributed by atoms with E-state index in [0.29, 0.717) is 0 Å². The third-order valence-electron chi connectivity index (χ3n) is 3.74. The number of para-hydroxylation sites is 1. The van der Waals surface area contributed by atoms with Crippen LogP contribution in [0.5, 0.6) is 5.75 Å². The summed E-state index contributed by atoms with van der Waals surface area (Å²) in [5, 5.41) is 3.70. The Labute approximate surface area is 135 Å². The molecule has 0 aromatic heterocycles. The van der Waals surface area contributed by atoms with E-state index in [1.54, 1.807) is 7.11 Å². The fourth-order valence-corrected chi connectivity index (χ4v) is 2.80. The van der Waals surface area contributed by atoms with Gasteiger partial charge in [-0.1, -0.05) is 53.2 Å². The van der Waals surface area contributed by atoms with Gasteiger partial charge in [0.05, 0.1) is 7.11 Å². The Bertz CT molecular complexity index is 568. The van der Waals surface area contributed by atoms with E-state index in [0.717, 1.165) is 16.6 Å². The topological polar surface area (TPSA) is 21.3 Å². The molecule has 2 rings (SSSR count). The van der Waals surface area contributed by atoms with Crippen LogP contribution in [0, 0.1) is 0 Å². The minimum atomic E-state index is 0.278. The summed E-state index contributed by atoms with van der Waals surface area (Å²) in [7, 11) is 1.73. The molecule has 3 heteroatoms. The minimum Gasteiger partial charge on any atom is -0.496 e. The first-order chi connectivity index (χ1) is 10.2. The van der Waals surface area contributed by atoms with Crippen LogP contribution in [-0.4, -0.2) is 7.11 Å². The first-order valence-corrected chi connectivity index (χ1v) is 8.09. The van der Waals surface area contributed by atoms with Crippen molar-refractivity contribution in [2.75, 3.05) is 7.11 Å². The van der Waals surface area contributed by atoms with E-state index in [2.05, 4.69) is 71.5 Å². The first-order valence-electron chi connectivity index (χ1n) is 7.30. The van der Waals surface area contributed by atoms with E-state index < -0.39 is 0 Å². The maximum absolute atomic E-state index is 5.48. The predicted molar refractivity (Wildman–Crippen MR) is 91.7 cm³/mol. The number of ether oxygens (including phenoxy) is 1. The van der Waals surface area contributed by atoms with E-state index in [1.165, 1.54) is 11.1 Å². The van der Waals surface area contributed by atoms with E-state index in [1.807, 2.05) is 12.1 Å². The van der Waals surface area contributed by atoms with Gasteiger partial charge in [-0.05, 0) is 37.1 Å². The van der Waals surface area contributed by atoms with Crippen LogP contribution in [0.2, 0.25) is 0 Å². The van der Waals surface area contributed by atoms with Gasteiger partial charge < -0.3 is 10.1 Å². The van der Waals surface area contributed by atoms with Crippen molar-refractivity contribution in [3.05, 3.63) is 64.1 Å².